The Morgan fingerprint density at radius 1 is 1.20 bits per heavy atom. The minimum atomic E-state index is -1.12. The number of para-hydroxylation sites is 1. The minimum absolute atomic E-state index is 0.0588. The molecule has 1 aliphatic carbocycles. The second-order valence-corrected chi connectivity index (χ2v) is 7.96. The minimum Gasteiger partial charge on any atom is -0.481 e. The van der Waals surface area contributed by atoms with E-state index in [-0.39, 0.29) is 18.3 Å². The number of rotatable bonds is 8. The van der Waals surface area contributed by atoms with Crippen LogP contribution in [0.5, 0.6) is 0 Å². The van der Waals surface area contributed by atoms with Crippen molar-refractivity contribution in [3.8, 4) is 0 Å². The Hall–Kier alpha value is -2.70. The predicted octanol–water partition coefficient (Wildman–Crippen LogP) is 4.85. The maximum Gasteiger partial charge on any atom is 0.305 e. The lowest BCUT2D eigenvalue weighted by Crippen LogP contribution is -2.19. The van der Waals surface area contributed by atoms with Crippen molar-refractivity contribution in [1.82, 2.24) is 4.57 Å². The fourth-order valence-corrected chi connectivity index (χ4v) is 4.01. The van der Waals surface area contributed by atoms with E-state index in [1.807, 2.05) is 36.4 Å². The molecule has 0 unspecified atom stereocenters. The Kier molecular flexibility index (Phi) is 6.90. The number of nitrogens with zero attached hydrogens (tertiary/aromatic N) is 1. The smallest absolute Gasteiger partial charge is 0.305 e. The maximum atomic E-state index is 13.6. The summed E-state index contributed by atoms with van der Waals surface area (Å²) in [7, 11) is 0. The van der Waals surface area contributed by atoms with Gasteiger partial charge < -0.3 is 19.9 Å². The van der Waals surface area contributed by atoms with E-state index in [2.05, 4.69) is 18.4 Å². The average molecular weight is 413 g/mol. The summed E-state index contributed by atoms with van der Waals surface area (Å²) in [6, 6.07) is 8.19. The highest BCUT2D eigenvalue weighted by Crippen LogP contribution is 2.38. The molecule has 0 saturated carbocycles. The molecule has 30 heavy (non-hydrogen) atoms. The molecule has 0 saturated heterocycles. The number of aliphatic hydroxyl groups is 2. The molecule has 5 nitrogen and oxygen atoms in total. The number of aromatic nitrogens is 1. The number of hydrogen-bond donors (Lipinski definition) is 3. The van der Waals surface area contributed by atoms with Gasteiger partial charge in [0.25, 0.3) is 0 Å². The fourth-order valence-electron chi connectivity index (χ4n) is 4.01. The van der Waals surface area contributed by atoms with Crippen molar-refractivity contribution in [2.75, 3.05) is 0 Å². The average Bonchev–Trinajstić information content (AvgIpc) is 3.00. The van der Waals surface area contributed by atoms with Crippen molar-refractivity contribution in [2.24, 2.45) is 0 Å². The van der Waals surface area contributed by atoms with E-state index in [0.29, 0.717) is 12.8 Å². The van der Waals surface area contributed by atoms with Crippen molar-refractivity contribution in [3.63, 3.8) is 0 Å². The zero-order valence-corrected chi connectivity index (χ0v) is 17.3. The molecule has 0 bridgehead atoms. The van der Waals surface area contributed by atoms with Crippen LogP contribution in [0.2, 0.25) is 0 Å². The van der Waals surface area contributed by atoms with Gasteiger partial charge in [-0.15, -0.1) is 0 Å². The zero-order chi connectivity index (χ0) is 21.8. The van der Waals surface area contributed by atoms with E-state index in [9.17, 15) is 19.4 Å². The molecule has 2 aromatic rings. The molecule has 1 aromatic heterocycles. The number of carboxylic acids is 1. The van der Waals surface area contributed by atoms with Gasteiger partial charge in [-0.2, -0.15) is 0 Å². The molecule has 3 N–H and O–H groups in total. The van der Waals surface area contributed by atoms with Crippen molar-refractivity contribution < 1.29 is 24.5 Å². The van der Waals surface area contributed by atoms with Crippen LogP contribution < -0.4 is 0 Å². The highest BCUT2D eigenvalue weighted by Gasteiger charge is 2.21. The van der Waals surface area contributed by atoms with Crippen LogP contribution in [0.1, 0.15) is 56.8 Å². The summed E-state index contributed by atoms with van der Waals surface area (Å²) < 4.78 is 15.8. The van der Waals surface area contributed by atoms with Gasteiger partial charge in [-0.3, -0.25) is 4.79 Å². The van der Waals surface area contributed by atoms with Gasteiger partial charge in [-0.25, -0.2) is 4.39 Å². The molecule has 1 heterocycles. The zero-order valence-electron chi connectivity index (χ0n) is 17.3. The quantitative estimate of drug-likeness (QED) is 0.578. The summed E-state index contributed by atoms with van der Waals surface area (Å²) in [6.07, 6.45) is 5.11. The number of carboxylic acid groups (broad SMARTS) is 1. The molecule has 3 rings (SSSR count). The first-order valence-corrected chi connectivity index (χ1v) is 10.2. The first kappa shape index (κ1) is 22.0. The molecule has 160 valence electrons. The Balaban J connectivity index is 2.05. The molecular weight excluding hydrogens is 385 g/mol. The van der Waals surface area contributed by atoms with Crippen LogP contribution in [-0.4, -0.2) is 38.1 Å². The number of aliphatic hydroxyl groups excluding tert-OH is 2. The number of aliphatic carboxylic acids is 1. The lowest BCUT2D eigenvalue weighted by molar-refractivity contribution is -0.139. The van der Waals surface area contributed by atoms with E-state index in [0.717, 1.165) is 27.7 Å². The Labute approximate surface area is 175 Å². The molecule has 0 aliphatic heterocycles. The van der Waals surface area contributed by atoms with Crippen LogP contribution in [0, 0.1) is 0 Å². The predicted molar refractivity (Wildman–Crippen MR) is 117 cm³/mol. The molecule has 1 aromatic carbocycles. The van der Waals surface area contributed by atoms with Gasteiger partial charge in [0, 0.05) is 41.0 Å². The Morgan fingerprint density at radius 2 is 1.93 bits per heavy atom. The monoisotopic (exact) mass is 413 g/mol. The van der Waals surface area contributed by atoms with Gasteiger partial charge in [0.1, 0.15) is 5.83 Å². The van der Waals surface area contributed by atoms with Gasteiger partial charge in [0.15, 0.2) is 0 Å². The van der Waals surface area contributed by atoms with Gasteiger partial charge in [0.05, 0.1) is 18.6 Å². The van der Waals surface area contributed by atoms with E-state index in [1.165, 1.54) is 6.08 Å². The normalized spacial score (nSPS) is 16.7. The molecular formula is C24H28FNO4. The third-order valence-electron chi connectivity index (χ3n) is 5.28. The van der Waals surface area contributed by atoms with Crippen molar-refractivity contribution in [3.05, 3.63) is 59.6 Å². The number of halogens is 1. The summed E-state index contributed by atoms with van der Waals surface area (Å²) in [5, 5.41) is 30.0. The number of carbonyl (C=O) groups is 1. The van der Waals surface area contributed by atoms with Crippen LogP contribution in [0.4, 0.5) is 4.39 Å². The molecule has 1 aliphatic rings. The SMILES string of the molecule is CC(C)n1c(/C=C/[C@@H](O)C[C@@H](O)CC(=O)O)c(C2=CC=C(F)CC2)c2ccccc21. The van der Waals surface area contributed by atoms with Crippen LogP contribution >= 0.6 is 0 Å². The van der Waals surface area contributed by atoms with Crippen molar-refractivity contribution in [1.29, 1.82) is 0 Å². The van der Waals surface area contributed by atoms with Gasteiger partial charge in [-0.05, 0) is 44.1 Å². The van der Waals surface area contributed by atoms with E-state index in [1.54, 1.807) is 6.08 Å². The van der Waals surface area contributed by atoms with Crippen LogP contribution in [-0.2, 0) is 4.79 Å². The largest absolute Gasteiger partial charge is 0.481 e. The number of fused-ring (bicyclic) bond motifs is 1. The number of benzene rings is 1. The second-order valence-electron chi connectivity index (χ2n) is 7.96. The first-order chi connectivity index (χ1) is 14.3. The summed E-state index contributed by atoms with van der Waals surface area (Å²) in [4.78, 5) is 10.7. The van der Waals surface area contributed by atoms with Gasteiger partial charge in [0.2, 0.25) is 0 Å². The Bertz CT molecular complexity index is 1020. The van der Waals surface area contributed by atoms with Crippen LogP contribution in [0.25, 0.3) is 22.6 Å². The van der Waals surface area contributed by atoms with Gasteiger partial charge >= 0.3 is 5.97 Å². The van der Waals surface area contributed by atoms with Crippen molar-refractivity contribution in [2.45, 2.75) is 57.8 Å². The van der Waals surface area contributed by atoms with Crippen molar-refractivity contribution >= 4 is 28.5 Å². The maximum absolute atomic E-state index is 13.6. The molecule has 0 radical (unpaired) electrons. The van der Waals surface area contributed by atoms with E-state index < -0.39 is 24.6 Å². The molecule has 0 amide bonds. The summed E-state index contributed by atoms with van der Waals surface area (Å²) in [5.74, 6) is -1.24. The highest BCUT2D eigenvalue weighted by atomic mass is 19.1. The van der Waals surface area contributed by atoms with E-state index >= 15 is 0 Å². The third kappa shape index (κ3) is 4.89. The molecule has 0 spiro atoms. The Morgan fingerprint density at radius 3 is 2.57 bits per heavy atom. The van der Waals surface area contributed by atoms with Crippen LogP contribution in [0.3, 0.4) is 0 Å². The summed E-state index contributed by atoms with van der Waals surface area (Å²) in [6.45, 7) is 4.16. The third-order valence-corrected chi connectivity index (χ3v) is 5.28. The lowest BCUT2D eigenvalue weighted by atomic mass is 9.94. The fraction of sp³-hybridized carbons (Fsp3) is 0.375. The molecule has 6 heteroatoms. The first-order valence-electron chi connectivity index (χ1n) is 10.2. The molecule has 2 atom stereocenters. The highest BCUT2D eigenvalue weighted by molar-refractivity contribution is 5.98. The molecule has 0 fully saturated rings. The van der Waals surface area contributed by atoms with Crippen LogP contribution in [0.15, 0.2) is 48.3 Å². The standard InChI is InChI=1S/C24H28FNO4/c1-15(2)26-21-6-4-3-5-20(21)24(16-7-9-17(25)10-8-16)22(26)12-11-18(27)13-19(28)14-23(29)30/h3-7,9,11-12,15,18-19,27-28H,8,10,13-14H2,1-2H3,(H,29,30)/b12-11+/t18-,19-/m1/s1. The van der Waals surface area contributed by atoms with E-state index in [4.69, 9.17) is 5.11 Å². The topological polar surface area (TPSA) is 82.7 Å². The summed E-state index contributed by atoms with van der Waals surface area (Å²) >= 11 is 0. The number of hydrogen-bond acceptors (Lipinski definition) is 3. The number of allylic oxidation sites excluding steroid dienone is 4. The lowest BCUT2D eigenvalue weighted by Gasteiger charge is -2.16. The second kappa shape index (κ2) is 9.41. The summed E-state index contributed by atoms with van der Waals surface area (Å²) in [5.41, 5.74) is 4.00. The van der Waals surface area contributed by atoms with Gasteiger partial charge in [-0.1, -0.05) is 30.4 Å².